The SMILES string of the molecule is COC(=O)CCC1=C(C)c2cc3[nH]c(cc4nc(cc5[nH]c(cc1n2)c(CCC(=O)OC)c5C)C=C4C)cc3C.[Pt]. The summed E-state index contributed by atoms with van der Waals surface area (Å²) in [5.41, 5.74) is 13.4. The van der Waals surface area contributed by atoms with Crippen molar-refractivity contribution >= 4 is 56.8 Å². The number of carbonyl (C=O) groups excluding carboxylic acids is 2. The third-order valence-corrected chi connectivity index (χ3v) is 7.69. The van der Waals surface area contributed by atoms with Crippen molar-refractivity contribution in [3.05, 3.63) is 69.8 Å². The van der Waals surface area contributed by atoms with E-state index in [-0.39, 0.29) is 45.8 Å². The van der Waals surface area contributed by atoms with Gasteiger partial charge >= 0.3 is 11.9 Å². The number of esters is 2. The van der Waals surface area contributed by atoms with Crippen LogP contribution in [-0.2, 0) is 46.5 Å². The van der Waals surface area contributed by atoms with Crippen LogP contribution in [0.3, 0.4) is 0 Å². The van der Waals surface area contributed by atoms with Crippen molar-refractivity contribution in [1.29, 1.82) is 0 Å². The molecule has 2 aliphatic rings. The molecule has 216 valence electrons. The summed E-state index contributed by atoms with van der Waals surface area (Å²) >= 11 is 0. The van der Waals surface area contributed by atoms with E-state index in [1.165, 1.54) is 14.2 Å². The summed E-state index contributed by atoms with van der Waals surface area (Å²) in [7, 11) is 2.80. The third kappa shape index (κ3) is 6.28. The van der Waals surface area contributed by atoms with Gasteiger partial charge in [0.25, 0.3) is 0 Å². The van der Waals surface area contributed by atoms with Gasteiger partial charge in [0.05, 0.1) is 37.0 Å². The Morgan fingerprint density at radius 3 is 2.15 bits per heavy atom. The largest absolute Gasteiger partial charge is 0.469 e. The van der Waals surface area contributed by atoms with E-state index in [4.69, 9.17) is 19.4 Å². The van der Waals surface area contributed by atoms with E-state index in [1.54, 1.807) is 0 Å². The van der Waals surface area contributed by atoms with Crippen LogP contribution in [0.2, 0.25) is 0 Å². The number of hydrogen-bond acceptors (Lipinski definition) is 6. The second-order valence-electron chi connectivity index (χ2n) is 10.3. The number of carbonyl (C=O) groups is 2. The summed E-state index contributed by atoms with van der Waals surface area (Å²) < 4.78 is 9.83. The van der Waals surface area contributed by atoms with Gasteiger partial charge in [0.1, 0.15) is 0 Å². The number of nitrogens with one attached hydrogen (secondary N) is 2. The standard InChI is InChI=1S/C32H34N4O4.Pt/c1-17-11-22-14-27-19(3)23(7-9-31(37)39-5)29(35-27)16-30-24(8-10-32(38)40-6)20(4)28(36-30)15-26-18(2)12-21(34-26)13-25(17)33-22;/h11-16,34-35H,7-10H2,1-6H3;. The van der Waals surface area contributed by atoms with Crippen LogP contribution in [0.4, 0.5) is 0 Å². The summed E-state index contributed by atoms with van der Waals surface area (Å²) in [6.45, 7) is 8.22. The number of ether oxygens (including phenoxy) is 2. The van der Waals surface area contributed by atoms with Crippen LogP contribution < -0.4 is 0 Å². The summed E-state index contributed by atoms with van der Waals surface area (Å²) in [5, 5.41) is 0. The fourth-order valence-corrected chi connectivity index (χ4v) is 5.30. The van der Waals surface area contributed by atoms with E-state index < -0.39 is 0 Å². The fourth-order valence-electron chi connectivity index (χ4n) is 5.30. The molecule has 0 fully saturated rings. The smallest absolute Gasteiger partial charge is 0.305 e. The van der Waals surface area contributed by atoms with Crippen LogP contribution in [0.25, 0.3) is 44.9 Å². The number of aromatic nitrogens is 4. The normalized spacial score (nSPS) is 12.6. The molecule has 8 bridgehead atoms. The summed E-state index contributed by atoms with van der Waals surface area (Å²) in [6, 6.07) is 10.3. The average Bonchev–Trinajstić information content (AvgIpc) is 3.62. The predicted octanol–water partition coefficient (Wildman–Crippen LogP) is 6.48. The number of aryl methyl sites for hydroxylation is 3. The van der Waals surface area contributed by atoms with Crippen molar-refractivity contribution in [1.82, 2.24) is 19.9 Å². The Bertz CT molecular complexity index is 1760. The molecule has 3 aromatic rings. The summed E-state index contributed by atoms with van der Waals surface area (Å²) in [6.07, 6.45) is 3.61. The van der Waals surface area contributed by atoms with E-state index in [2.05, 4.69) is 48.1 Å². The summed E-state index contributed by atoms with van der Waals surface area (Å²) in [5.74, 6) is -0.527. The molecule has 0 atom stereocenters. The number of allylic oxidation sites excluding steroid dienone is 3. The van der Waals surface area contributed by atoms with Gasteiger partial charge in [0.2, 0.25) is 0 Å². The van der Waals surface area contributed by atoms with Crippen molar-refractivity contribution in [3.8, 4) is 0 Å². The second kappa shape index (κ2) is 12.4. The zero-order valence-corrected chi connectivity index (χ0v) is 26.4. The molecule has 9 heteroatoms. The maximum Gasteiger partial charge on any atom is 0.305 e. The Labute approximate surface area is 253 Å². The van der Waals surface area contributed by atoms with Gasteiger partial charge < -0.3 is 19.4 Å². The van der Waals surface area contributed by atoms with E-state index in [1.807, 2.05) is 26.0 Å². The zero-order valence-electron chi connectivity index (χ0n) is 24.1. The van der Waals surface area contributed by atoms with Crippen LogP contribution >= 0.6 is 0 Å². The Balaban J connectivity index is 0.00000387. The molecule has 0 unspecified atom stereocenters. The first-order valence-corrected chi connectivity index (χ1v) is 13.4. The molecular formula is C32H34N4O4Pt. The van der Waals surface area contributed by atoms with Crippen LogP contribution in [0.5, 0.6) is 0 Å². The first kappa shape index (κ1) is 30.2. The molecule has 41 heavy (non-hydrogen) atoms. The van der Waals surface area contributed by atoms with E-state index in [0.29, 0.717) is 12.8 Å². The maximum absolute atomic E-state index is 12.0. The van der Waals surface area contributed by atoms with Gasteiger partial charge in [-0.05, 0) is 110 Å². The minimum absolute atomic E-state index is 0. The van der Waals surface area contributed by atoms with Crippen molar-refractivity contribution < 1.29 is 40.1 Å². The number of methoxy groups -OCH3 is 2. The Kier molecular flexibility index (Phi) is 9.13. The monoisotopic (exact) mass is 733 g/mol. The molecule has 0 saturated carbocycles. The summed E-state index contributed by atoms with van der Waals surface area (Å²) in [4.78, 5) is 41.1. The molecule has 5 rings (SSSR count). The minimum Gasteiger partial charge on any atom is -0.469 e. The minimum atomic E-state index is -0.265. The van der Waals surface area contributed by atoms with Gasteiger partial charge in [-0.25, -0.2) is 9.97 Å². The Morgan fingerprint density at radius 2 is 1.44 bits per heavy atom. The number of hydrogen-bond donors (Lipinski definition) is 2. The number of rotatable bonds is 6. The second-order valence-corrected chi connectivity index (χ2v) is 10.3. The molecule has 3 aromatic heterocycles. The van der Waals surface area contributed by atoms with Gasteiger partial charge in [-0.15, -0.1) is 0 Å². The number of nitrogens with zero attached hydrogens (tertiary/aromatic N) is 2. The average molecular weight is 734 g/mol. The van der Waals surface area contributed by atoms with Crippen molar-refractivity contribution in [2.24, 2.45) is 0 Å². The van der Waals surface area contributed by atoms with Crippen LogP contribution in [0, 0.1) is 13.8 Å². The number of aromatic amines is 2. The zero-order chi connectivity index (χ0) is 28.6. The van der Waals surface area contributed by atoms with E-state index >= 15 is 0 Å². The van der Waals surface area contributed by atoms with Crippen molar-refractivity contribution in [2.75, 3.05) is 14.2 Å². The Hall–Kier alpha value is -3.77. The molecular weight excluding hydrogens is 699 g/mol. The molecule has 0 aliphatic carbocycles. The molecule has 0 saturated heterocycles. The first-order chi connectivity index (χ1) is 19.2. The first-order valence-electron chi connectivity index (χ1n) is 13.4. The molecule has 8 nitrogen and oxygen atoms in total. The van der Waals surface area contributed by atoms with E-state index in [9.17, 15) is 9.59 Å². The molecule has 0 amide bonds. The van der Waals surface area contributed by atoms with Gasteiger partial charge in [0, 0.05) is 56.0 Å². The molecule has 5 heterocycles. The van der Waals surface area contributed by atoms with Crippen LogP contribution in [0.1, 0.15) is 72.6 Å². The quantitative estimate of drug-likeness (QED) is 0.281. The van der Waals surface area contributed by atoms with Crippen molar-refractivity contribution in [3.63, 3.8) is 0 Å². The topological polar surface area (TPSA) is 110 Å². The Morgan fingerprint density at radius 1 is 0.756 bits per heavy atom. The number of fused-ring (bicyclic) bond motifs is 8. The maximum atomic E-state index is 12.0. The molecule has 0 radical (unpaired) electrons. The molecule has 2 aliphatic heterocycles. The van der Waals surface area contributed by atoms with E-state index in [0.717, 1.165) is 78.3 Å². The third-order valence-electron chi connectivity index (χ3n) is 7.69. The van der Waals surface area contributed by atoms with Crippen LogP contribution in [0.15, 0.2) is 30.3 Å². The van der Waals surface area contributed by atoms with Crippen LogP contribution in [-0.4, -0.2) is 46.1 Å². The van der Waals surface area contributed by atoms with Gasteiger partial charge in [0.15, 0.2) is 0 Å². The van der Waals surface area contributed by atoms with Gasteiger partial charge in [-0.2, -0.15) is 0 Å². The fraction of sp³-hybridized carbons (Fsp3) is 0.312. The predicted molar refractivity (Wildman–Crippen MR) is 158 cm³/mol. The molecule has 2 N–H and O–H groups in total. The van der Waals surface area contributed by atoms with Gasteiger partial charge in [-0.1, -0.05) is 0 Å². The molecule has 0 aromatic carbocycles. The number of H-pyrrole nitrogens is 2. The molecule has 0 spiro atoms. The van der Waals surface area contributed by atoms with Gasteiger partial charge in [-0.3, -0.25) is 9.59 Å². The van der Waals surface area contributed by atoms with Crippen molar-refractivity contribution in [2.45, 2.75) is 53.4 Å².